The molecule has 3 aromatic carbocycles. The Balaban J connectivity index is 1.48. The van der Waals surface area contributed by atoms with Crippen LogP contribution in [0.1, 0.15) is 16.8 Å². The maximum atomic E-state index is 13.2. The molecule has 3 amide bonds. The van der Waals surface area contributed by atoms with Crippen LogP contribution in [0.3, 0.4) is 0 Å². The zero-order chi connectivity index (χ0) is 25.9. The van der Waals surface area contributed by atoms with Crippen molar-refractivity contribution in [2.45, 2.75) is 6.42 Å². The summed E-state index contributed by atoms with van der Waals surface area (Å²) in [7, 11) is 0. The van der Waals surface area contributed by atoms with E-state index < -0.39 is 42.7 Å². The van der Waals surface area contributed by atoms with Crippen molar-refractivity contribution in [3.8, 4) is 11.5 Å². The summed E-state index contributed by atoms with van der Waals surface area (Å²) in [5, 5.41) is 2.42. The number of amides is 3. The highest BCUT2D eigenvalue weighted by Gasteiger charge is 2.19. The second-order valence-corrected chi connectivity index (χ2v) is 7.52. The van der Waals surface area contributed by atoms with Crippen molar-refractivity contribution in [3.63, 3.8) is 0 Å². The first kappa shape index (κ1) is 25.9. The van der Waals surface area contributed by atoms with Gasteiger partial charge in [-0.1, -0.05) is 18.2 Å². The number of carbonyl (C=O) groups is 4. The van der Waals surface area contributed by atoms with Gasteiger partial charge in [0.25, 0.3) is 11.8 Å². The van der Waals surface area contributed by atoms with Crippen molar-refractivity contribution < 1.29 is 33.0 Å². The van der Waals surface area contributed by atoms with Gasteiger partial charge in [0.05, 0.1) is 0 Å². The molecule has 186 valence electrons. The van der Waals surface area contributed by atoms with E-state index in [0.29, 0.717) is 22.7 Å². The number of para-hydroxylation sites is 1. The first-order valence-electron chi connectivity index (χ1n) is 10.9. The normalized spacial score (nSPS) is 10.2. The summed E-state index contributed by atoms with van der Waals surface area (Å²) in [5.74, 6) is -1.93. The van der Waals surface area contributed by atoms with Crippen LogP contribution in [0, 0.1) is 5.82 Å². The van der Waals surface area contributed by atoms with Crippen molar-refractivity contribution in [2.75, 3.05) is 24.6 Å². The van der Waals surface area contributed by atoms with Crippen LogP contribution in [0.4, 0.5) is 10.1 Å². The molecular weight excluding hydrogens is 469 g/mol. The first-order valence-corrected chi connectivity index (χ1v) is 10.9. The third kappa shape index (κ3) is 7.94. The number of nitrogens with one attached hydrogen (secondary N) is 1. The molecule has 36 heavy (non-hydrogen) atoms. The molecule has 9 nitrogen and oxygen atoms in total. The van der Waals surface area contributed by atoms with E-state index >= 15 is 0 Å². The van der Waals surface area contributed by atoms with Crippen molar-refractivity contribution in [1.29, 1.82) is 0 Å². The van der Waals surface area contributed by atoms with Crippen LogP contribution in [0.25, 0.3) is 0 Å². The highest BCUT2D eigenvalue weighted by Crippen LogP contribution is 2.21. The molecule has 0 fully saturated rings. The molecular formula is C26H24FN3O6. The van der Waals surface area contributed by atoms with Crippen LogP contribution in [0.2, 0.25) is 0 Å². The number of primary amides is 1. The minimum atomic E-state index is -0.838. The number of esters is 1. The Kier molecular flexibility index (Phi) is 9.10. The van der Waals surface area contributed by atoms with Gasteiger partial charge in [-0.15, -0.1) is 0 Å². The van der Waals surface area contributed by atoms with Gasteiger partial charge in [-0.25, -0.2) is 4.39 Å². The van der Waals surface area contributed by atoms with Crippen LogP contribution < -0.4 is 20.7 Å². The SMILES string of the molecule is NC(=O)CCN(C(=O)COC(=O)CNC(=O)c1ccc(Oc2ccccc2)cc1)c1ccc(F)cc1. The average molecular weight is 493 g/mol. The number of anilines is 1. The Morgan fingerprint density at radius 2 is 1.50 bits per heavy atom. The summed E-state index contributed by atoms with van der Waals surface area (Å²) >= 11 is 0. The second kappa shape index (κ2) is 12.7. The molecule has 0 aliphatic carbocycles. The van der Waals surface area contributed by atoms with E-state index in [2.05, 4.69) is 5.32 Å². The van der Waals surface area contributed by atoms with Gasteiger partial charge in [-0.05, 0) is 60.7 Å². The van der Waals surface area contributed by atoms with E-state index in [1.807, 2.05) is 18.2 Å². The Hall–Kier alpha value is -4.73. The van der Waals surface area contributed by atoms with E-state index in [4.69, 9.17) is 15.2 Å². The summed E-state index contributed by atoms with van der Waals surface area (Å²) in [6, 6.07) is 20.5. The number of hydrogen-bond donors (Lipinski definition) is 2. The lowest BCUT2D eigenvalue weighted by Gasteiger charge is -2.22. The predicted octanol–water partition coefficient (Wildman–Crippen LogP) is 2.80. The highest BCUT2D eigenvalue weighted by atomic mass is 19.1. The van der Waals surface area contributed by atoms with Gasteiger partial charge in [0.2, 0.25) is 5.91 Å². The third-order valence-corrected chi connectivity index (χ3v) is 4.87. The van der Waals surface area contributed by atoms with Crippen molar-refractivity contribution in [3.05, 3.63) is 90.2 Å². The molecule has 0 aliphatic heterocycles. The van der Waals surface area contributed by atoms with Gasteiger partial charge in [0, 0.05) is 24.2 Å². The van der Waals surface area contributed by atoms with Crippen LogP contribution in [-0.2, 0) is 19.1 Å². The lowest BCUT2D eigenvalue weighted by molar-refractivity contribution is -0.146. The molecule has 0 heterocycles. The molecule has 0 radical (unpaired) electrons. The molecule has 0 aliphatic rings. The van der Waals surface area contributed by atoms with Gasteiger partial charge in [-0.2, -0.15) is 0 Å². The number of hydrogen-bond acceptors (Lipinski definition) is 6. The van der Waals surface area contributed by atoms with Gasteiger partial charge in [-0.3, -0.25) is 19.2 Å². The van der Waals surface area contributed by atoms with E-state index in [1.54, 1.807) is 36.4 Å². The highest BCUT2D eigenvalue weighted by molar-refractivity contribution is 5.97. The minimum absolute atomic E-state index is 0.0714. The van der Waals surface area contributed by atoms with E-state index in [0.717, 1.165) is 17.0 Å². The van der Waals surface area contributed by atoms with E-state index in [1.165, 1.54) is 12.1 Å². The zero-order valence-corrected chi connectivity index (χ0v) is 19.2. The number of rotatable bonds is 11. The Morgan fingerprint density at radius 3 is 2.14 bits per heavy atom. The maximum absolute atomic E-state index is 13.2. The lowest BCUT2D eigenvalue weighted by Crippen LogP contribution is -2.38. The van der Waals surface area contributed by atoms with Gasteiger partial charge >= 0.3 is 5.97 Å². The number of benzene rings is 3. The topological polar surface area (TPSA) is 128 Å². The molecule has 0 bridgehead atoms. The third-order valence-electron chi connectivity index (χ3n) is 4.87. The molecule has 10 heteroatoms. The number of nitrogens with zero attached hydrogens (tertiary/aromatic N) is 1. The Labute approximate surface area is 206 Å². The van der Waals surface area contributed by atoms with Crippen LogP contribution in [-0.4, -0.2) is 43.4 Å². The molecule has 0 aromatic heterocycles. The molecule has 3 N–H and O–H groups in total. The van der Waals surface area contributed by atoms with Crippen LogP contribution >= 0.6 is 0 Å². The number of nitrogens with two attached hydrogens (primary N) is 1. The molecule has 3 rings (SSSR count). The smallest absolute Gasteiger partial charge is 0.325 e. The largest absolute Gasteiger partial charge is 0.457 e. The fourth-order valence-electron chi connectivity index (χ4n) is 3.07. The van der Waals surface area contributed by atoms with Gasteiger partial charge in [0.1, 0.15) is 23.9 Å². The summed E-state index contributed by atoms with van der Waals surface area (Å²) < 4.78 is 23.8. The fraction of sp³-hybridized carbons (Fsp3) is 0.154. The molecule has 0 unspecified atom stereocenters. The maximum Gasteiger partial charge on any atom is 0.325 e. The molecule has 0 spiro atoms. The molecule has 3 aromatic rings. The van der Waals surface area contributed by atoms with Crippen molar-refractivity contribution >= 4 is 29.4 Å². The van der Waals surface area contributed by atoms with E-state index in [-0.39, 0.29) is 13.0 Å². The fourth-order valence-corrected chi connectivity index (χ4v) is 3.07. The number of halogens is 1. The first-order chi connectivity index (χ1) is 17.3. The molecule has 0 atom stereocenters. The Bertz CT molecular complexity index is 1200. The van der Waals surface area contributed by atoms with Crippen LogP contribution in [0.15, 0.2) is 78.9 Å². The number of ether oxygens (including phenoxy) is 2. The van der Waals surface area contributed by atoms with E-state index in [9.17, 15) is 23.6 Å². The second-order valence-electron chi connectivity index (χ2n) is 7.52. The zero-order valence-electron chi connectivity index (χ0n) is 19.2. The molecule has 0 saturated heterocycles. The van der Waals surface area contributed by atoms with Gasteiger partial charge < -0.3 is 25.4 Å². The lowest BCUT2D eigenvalue weighted by atomic mass is 10.2. The predicted molar refractivity (Wildman–Crippen MR) is 129 cm³/mol. The summed E-state index contributed by atoms with van der Waals surface area (Å²) in [5.41, 5.74) is 5.77. The average Bonchev–Trinajstić information content (AvgIpc) is 2.88. The quantitative estimate of drug-likeness (QED) is 0.396. The molecule has 0 saturated carbocycles. The van der Waals surface area contributed by atoms with Crippen molar-refractivity contribution in [2.24, 2.45) is 5.73 Å². The standard InChI is InChI=1S/C26H24FN3O6/c27-19-8-10-20(11-9-19)30(15-14-23(28)31)24(32)17-35-25(33)16-29-26(34)18-6-12-22(13-7-18)36-21-4-2-1-3-5-21/h1-13H,14-17H2,(H2,28,31)(H,29,34). The van der Waals surface area contributed by atoms with Gasteiger partial charge in [0.15, 0.2) is 6.61 Å². The summed E-state index contributed by atoms with van der Waals surface area (Å²) in [4.78, 5) is 49.2. The number of carbonyl (C=O) groups excluding carboxylic acids is 4. The summed E-state index contributed by atoms with van der Waals surface area (Å²) in [6.07, 6.45) is -0.137. The monoisotopic (exact) mass is 493 g/mol. The van der Waals surface area contributed by atoms with Crippen molar-refractivity contribution in [1.82, 2.24) is 5.32 Å². The minimum Gasteiger partial charge on any atom is -0.457 e. The Morgan fingerprint density at radius 1 is 0.861 bits per heavy atom. The summed E-state index contributed by atoms with van der Waals surface area (Å²) in [6.45, 7) is -1.18. The van der Waals surface area contributed by atoms with Crippen LogP contribution in [0.5, 0.6) is 11.5 Å².